The second-order valence-electron chi connectivity index (χ2n) is 6.80. The summed E-state index contributed by atoms with van der Waals surface area (Å²) >= 11 is 0. The normalized spacial score (nSPS) is 15.2. The van der Waals surface area contributed by atoms with E-state index < -0.39 is 0 Å². The van der Waals surface area contributed by atoms with Crippen LogP contribution < -0.4 is 0 Å². The minimum Gasteiger partial charge on any atom is -0.293 e. The number of carbonyl (C=O) groups excluding carboxylic acids is 1. The van der Waals surface area contributed by atoms with Crippen LogP contribution in [0.3, 0.4) is 0 Å². The van der Waals surface area contributed by atoms with E-state index in [2.05, 4.69) is 39.5 Å². The molecular formula is C18H29NO. The third-order valence-electron chi connectivity index (χ3n) is 4.50. The predicted octanol–water partition coefficient (Wildman–Crippen LogP) is 4.19. The second kappa shape index (κ2) is 6.53. The maximum Gasteiger partial charge on any atom is 0.179 e. The van der Waals surface area contributed by atoms with E-state index in [4.69, 9.17) is 0 Å². The number of likely N-dealkylation sites (N-methyl/N-ethyl adjacent to an activating group) is 1. The number of carbonyl (C=O) groups is 1. The van der Waals surface area contributed by atoms with Crippen molar-refractivity contribution in [2.45, 2.75) is 60.0 Å². The molecule has 20 heavy (non-hydrogen) atoms. The summed E-state index contributed by atoms with van der Waals surface area (Å²) in [5, 5.41) is 0. The Morgan fingerprint density at radius 2 is 1.65 bits per heavy atom. The van der Waals surface area contributed by atoms with Gasteiger partial charge in [0.1, 0.15) is 0 Å². The van der Waals surface area contributed by atoms with Crippen molar-refractivity contribution in [3.05, 3.63) is 35.4 Å². The number of hydrogen-bond donors (Lipinski definition) is 0. The summed E-state index contributed by atoms with van der Waals surface area (Å²) in [5.74, 6) is 0.200. The van der Waals surface area contributed by atoms with Gasteiger partial charge in [0.25, 0.3) is 0 Å². The maximum atomic E-state index is 12.6. The molecule has 0 aliphatic heterocycles. The smallest absolute Gasteiger partial charge is 0.179 e. The minimum absolute atomic E-state index is 0.100. The van der Waals surface area contributed by atoms with Gasteiger partial charge in [-0.25, -0.2) is 0 Å². The van der Waals surface area contributed by atoms with Gasteiger partial charge in [0.2, 0.25) is 0 Å². The minimum atomic E-state index is -0.100. The van der Waals surface area contributed by atoms with Gasteiger partial charge < -0.3 is 0 Å². The van der Waals surface area contributed by atoms with Gasteiger partial charge in [0.05, 0.1) is 6.04 Å². The highest BCUT2D eigenvalue weighted by Gasteiger charge is 2.29. The summed E-state index contributed by atoms with van der Waals surface area (Å²) in [6.45, 7) is 12.9. The number of Topliss-reactive ketones (excluding diaryl/α,β-unsaturated/α-hetero) is 1. The van der Waals surface area contributed by atoms with E-state index in [0.717, 1.165) is 12.0 Å². The van der Waals surface area contributed by atoms with Crippen LogP contribution in [-0.2, 0) is 6.42 Å². The van der Waals surface area contributed by atoms with Crippen molar-refractivity contribution < 1.29 is 4.79 Å². The van der Waals surface area contributed by atoms with Gasteiger partial charge in [-0.1, -0.05) is 52.0 Å². The Morgan fingerprint density at radius 3 is 2.05 bits per heavy atom. The largest absolute Gasteiger partial charge is 0.293 e. The lowest BCUT2D eigenvalue weighted by Gasteiger charge is -2.38. The highest BCUT2D eigenvalue weighted by Crippen LogP contribution is 2.25. The molecule has 2 atom stereocenters. The van der Waals surface area contributed by atoms with Gasteiger partial charge in [0, 0.05) is 11.6 Å². The first-order valence-corrected chi connectivity index (χ1v) is 7.53. The van der Waals surface area contributed by atoms with Crippen LogP contribution in [-0.4, -0.2) is 29.8 Å². The lowest BCUT2D eigenvalue weighted by Crippen LogP contribution is -2.47. The highest BCUT2D eigenvalue weighted by molar-refractivity contribution is 5.99. The molecule has 0 aliphatic rings. The summed E-state index contributed by atoms with van der Waals surface area (Å²) in [5.41, 5.74) is 2.24. The number of benzene rings is 1. The van der Waals surface area contributed by atoms with Gasteiger partial charge >= 0.3 is 0 Å². The molecule has 0 amide bonds. The van der Waals surface area contributed by atoms with Crippen LogP contribution >= 0.6 is 0 Å². The van der Waals surface area contributed by atoms with Crippen molar-refractivity contribution >= 4 is 5.78 Å². The Morgan fingerprint density at radius 1 is 1.15 bits per heavy atom. The SMILES string of the molecule is CCc1ccc(C(=O)C(C)N(C)C(C)C(C)(C)C)cc1. The summed E-state index contributed by atoms with van der Waals surface area (Å²) in [6.07, 6.45) is 1.00. The molecule has 0 saturated carbocycles. The second-order valence-corrected chi connectivity index (χ2v) is 6.80. The van der Waals surface area contributed by atoms with E-state index in [0.29, 0.717) is 6.04 Å². The number of ketones is 1. The lowest BCUT2D eigenvalue weighted by atomic mass is 9.86. The number of rotatable bonds is 5. The van der Waals surface area contributed by atoms with Crippen LogP contribution in [0.5, 0.6) is 0 Å². The molecule has 2 nitrogen and oxygen atoms in total. The van der Waals surface area contributed by atoms with Crippen LogP contribution in [0.15, 0.2) is 24.3 Å². The number of nitrogens with zero attached hydrogens (tertiary/aromatic N) is 1. The fourth-order valence-electron chi connectivity index (χ4n) is 2.28. The average molecular weight is 275 g/mol. The quantitative estimate of drug-likeness (QED) is 0.751. The van der Waals surface area contributed by atoms with E-state index in [1.165, 1.54) is 5.56 Å². The van der Waals surface area contributed by atoms with E-state index in [1.54, 1.807) is 0 Å². The van der Waals surface area contributed by atoms with Gasteiger partial charge in [-0.05, 0) is 38.3 Å². The molecule has 0 bridgehead atoms. The third kappa shape index (κ3) is 3.92. The van der Waals surface area contributed by atoms with Crippen LogP contribution in [0.2, 0.25) is 0 Å². The topological polar surface area (TPSA) is 20.3 Å². The molecule has 0 N–H and O–H groups in total. The van der Waals surface area contributed by atoms with Crippen molar-refractivity contribution in [3.8, 4) is 0 Å². The van der Waals surface area contributed by atoms with Crippen LogP contribution in [0.25, 0.3) is 0 Å². The van der Waals surface area contributed by atoms with Crippen molar-refractivity contribution in [1.82, 2.24) is 4.90 Å². The standard InChI is InChI=1S/C18H29NO/c1-8-15-9-11-16(12-10-15)17(20)13(2)19(7)14(3)18(4,5)6/h9-14H,8H2,1-7H3. The van der Waals surface area contributed by atoms with Gasteiger partial charge in [0.15, 0.2) is 5.78 Å². The summed E-state index contributed by atoms with van der Waals surface area (Å²) < 4.78 is 0. The van der Waals surface area contributed by atoms with Crippen LogP contribution in [0.1, 0.15) is 57.5 Å². The fraction of sp³-hybridized carbons (Fsp3) is 0.611. The zero-order valence-electron chi connectivity index (χ0n) is 14.0. The zero-order chi connectivity index (χ0) is 15.5. The van der Waals surface area contributed by atoms with E-state index in [-0.39, 0.29) is 17.2 Å². The van der Waals surface area contributed by atoms with Crippen molar-refractivity contribution in [1.29, 1.82) is 0 Å². The maximum absolute atomic E-state index is 12.6. The molecule has 0 spiro atoms. The third-order valence-corrected chi connectivity index (χ3v) is 4.50. The molecule has 2 unspecified atom stereocenters. The van der Waals surface area contributed by atoms with Crippen LogP contribution in [0.4, 0.5) is 0 Å². The molecule has 1 aromatic rings. The lowest BCUT2D eigenvalue weighted by molar-refractivity contribution is 0.0695. The Bertz CT molecular complexity index is 441. The highest BCUT2D eigenvalue weighted by atomic mass is 16.1. The molecule has 2 heteroatoms. The Balaban J connectivity index is 2.85. The number of aryl methyl sites for hydroxylation is 1. The predicted molar refractivity (Wildman–Crippen MR) is 86.3 cm³/mol. The van der Waals surface area contributed by atoms with Gasteiger partial charge in [-0.15, -0.1) is 0 Å². The van der Waals surface area contributed by atoms with Crippen molar-refractivity contribution in [2.75, 3.05) is 7.05 Å². The van der Waals surface area contributed by atoms with Gasteiger partial charge in [-0.3, -0.25) is 9.69 Å². The molecular weight excluding hydrogens is 246 g/mol. The summed E-state index contributed by atoms with van der Waals surface area (Å²) in [6, 6.07) is 8.24. The van der Waals surface area contributed by atoms with Crippen molar-refractivity contribution in [2.24, 2.45) is 5.41 Å². The molecule has 1 aromatic carbocycles. The first-order valence-electron chi connectivity index (χ1n) is 7.53. The monoisotopic (exact) mass is 275 g/mol. The Kier molecular flexibility index (Phi) is 5.52. The summed E-state index contributed by atoms with van der Waals surface area (Å²) in [4.78, 5) is 14.8. The molecule has 0 heterocycles. The van der Waals surface area contributed by atoms with Gasteiger partial charge in [-0.2, -0.15) is 0 Å². The summed E-state index contributed by atoms with van der Waals surface area (Å²) in [7, 11) is 2.04. The molecule has 0 fully saturated rings. The molecule has 0 radical (unpaired) electrons. The number of hydrogen-bond acceptors (Lipinski definition) is 2. The Hall–Kier alpha value is -1.15. The average Bonchev–Trinajstić information content (AvgIpc) is 2.43. The molecule has 1 rings (SSSR count). The van der Waals surface area contributed by atoms with E-state index in [1.807, 2.05) is 38.2 Å². The zero-order valence-corrected chi connectivity index (χ0v) is 14.0. The Labute approximate surface area is 124 Å². The molecule has 0 aliphatic carbocycles. The van der Waals surface area contributed by atoms with Crippen LogP contribution in [0, 0.1) is 5.41 Å². The molecule has 112 valence electrons. The van der Waals surface area contributed by atoms with Crippen molar-refractivity contribution in [3.63, 3.8) is 0 Å². The first kappa shape index (κ1) is 16.9. The molecule has 0 aromatic heterocycles. The fourth-order valence-corrected chi connectivity index (χ4v) is 2.28. The van der Waals surface area contributed by atoms with E-state index in [9.17, 15) is 4.79 Å². The first-order chi connectivity index (χ1) is 9.18. The van der Waals surface area contributed by atoms with E-state index >= 15 is 0 Å². The molecule has 0 saturated heterocycles.